The van der Waals surface area contributed by atoms with E-state index >= 15 is 0 Å². The first-order valence-electron chi connectivity index (χ1n) is 7.88. The quantitative estimate of drug-likeness (QED) is 0.761. The summed E-state index contributed by atoms with van der Waals surface area (Å²) in [5.41, 5.74) is 1.01. The Labute approximate surface area is 148 Å². The maximum Gasteiger partial charge on any atom is 0.288 e. The third-order valence-electron chi connectivity index (χ3n) is 4.09. The third kappa shape index (κ3) is 4.28. The van der Waals surface area contributed by atoms with Crippen molar-refractivity contribution >= 4 is 23.4 Å². The molecule has 3 rings (SSSR count). The number of rotatable bonds is 4. The summed E-state index contributed by atoms with van der Waals surface area (Å²) in [6, 6.07) is 12.8. The molecule has 1 aliphatic heterocycles. The molecule has 0 bridgehead atoms. The molecule has 1 aliphatic rings. The molecule has 2 aromatic rings. The second kappa shape index (κ2) is 7.82. The number of thioether (sulfide) groups is 1. The zero-order valence-corrected chi connectivity index (χ0v) is 14.2. The highest BCUT2D eigenvalue weighted by Gasteiger charge is 2.23. The van der Waals surface area contributed by atoms with E-state index in [4.69, 9.17) is 0 Å². The number of hydrogen-bond acceptors (Lipinski definition) is 3. The minimum atomic E-state index is -2.48. The first-order chi connectivity index (χ1) is 12.0. The number of alkyl halides is 2. The van der Waals surface area contributed by atoms with Crippen molar-refractivity contribution in [3.63, 3.8) is 0 Å². The van der Waals surface area contributed by atoms with Gasteiger partial charge in [0.2, 0.25) is 0 Å². The summed E-state index contributed by atoms with van der Waals surface area (Å²) in [7, 11) is 0. The number of piperazine rings is 1. The number of nitrogens with zero attached hydrogens (tertiary/aromatic N) is 2. The molecular formula is C18H17F3N2OS. The molecule has 1 fully saturated rings. The van der Waals surface area contributed by atoms with E-state index in [-0.39, 0.29) is 11.7 Å². The van der Waals surface area contributed by atoms with Crippen LogP contribution >= 0.6 is 11.8 Å². The van der Waals surface area contributed by atoms with Crippen LogP contribution in [-0.2, 0) is 0 Å². The van der Waals surface area contributed by atoms with E-state index < -0.39 is 5.76 Å². The van der Waals surface area contributed by atoms with Crippen LogP contribution in [0.15, 0.2) is 53.4 Å². The number of anilines is 1. The predicted octanol–water partition coefficient (Wildman–Crippen LogP) is 4.10. The minimum Gasteiger partial charge on any atom is -0.366 e. The number of para-hydroxylation sites is 1. The molecule has 0 aliphatic carbocycles. The van der Waals surface area contributed by atoms with Crippen molar-refractivity contribution in [1.29, 1.82) is 0 Å². The Bertz CT molecular complexity index is 731. The van der Waals surface area contributed by atoms with Crippen molar-refractivity contribution in [2.45, 2.75) is 10.7 Å². The topological polar surface area (TPSA) is 23.6 Å². The molecule has 0 atom stereocenters. The van der Waals surface area contributed by atoms with Crippen molar-refractivity contribution in [1.82, 2.24) is 4.90 Å². The summed E-state index contributed by atoms with van der Waals surface area (Å²) in [5.74, 6) is -2.89. The number of halogens is 3. The fourth-order valence-corrected chi connectivity index (χ4v) is 3.32. The lowest BCUT2D eigenvalue weighted by atomic mass is 10.1. The number of amides is 1. The Morgan fingerprint density at radius 3 is 2.20 bits per heavy atom. The normalized spacial score (nSPS) is 14.9. The maximum atomic E-state index is 13.8. The first-order valence-corrected chi connectivity index (χ1v) is 8.76. The van der Waals surface area contributed by atoms with Gasteiger partial charge in [-0.2, -0.15) is 8.78 Å². The largest absolute Gasteiger partial charge is 0.366 e. The number of hydrogen-bond donors (Lipinski definition) is 0. The van der Waals surface area contributed by atoms with Crippen LogP contribution in [0.25, 0.3) is 0 Å². The van der Waals surface area contributed by atoms with E-state index in [1.165, 1.54) is 18.2 Å². The van der Waals surface area contributed by atoms with Gasteiger partial charge in [0, 0.05) is 36.6 Å². The van der Waals surface area contributed by atoms with E-state index in [0.29, 0.717) is 54.1 Å². The first kappa shape index (κ1) is 17.7. The summed E-state index contributed by atoms with van der Waals surface area (Å²) in [5, 5.41) is 0. The lowest BCUT2D eigenvalue weighted by Crippen LogP contribution is -2.49. The van der Waals surface area contributed by atoms with Crippen molar-refractivity contribution in [3.8, 4) is 0 Å². The number of carbonyl (C=O) groups is 1. The van der Waals surface area contributed by atoms with Crippen LogP contribution in [0.1, 0.15) is 10.4 Å². The molecule has 0 spiro atoms. The van der Waals surface area contributed by atoms with Gasteiger partial charge in [-0.1, -0.05) is 23.9 Å². The standard InChI is InChI=1S/C18H17F3N2OS/c19-15-3-1-2-4-16(15)22-9-11-23(12-10-22)17(24)13-5-7-14(8-6-13)25-18(20)21/h1-8,18H,9-12H2. The molecule has 0 aromatic heterocycles. The van der Waals surface area contributed by atoms with Gasteiger partial charge in [-0.15, -0.1) is 0 Å². The molecule has 0 radical (unpaired) electrons. The average molecular weight is 366 g/mol. The fraction of sp³-hybridized carbons (Fsp3) is 0.278. The van der Waals surface area contributed by atoms with Crippen molar-refractivity contribution in [2.75, 3.05) is 31.1 Å². The number of benzene rings is 2. The molecule has 7 heteroatoms. The number of carbonyl (C=O) groups excluding carboxylic acids is 1. The Morgan fingerprint density at radius 1 is 0.960 bits per heavy atom. The Hall–Kier alpha value is -2.15. The summed E-state index contributed by atoms with van der Waals surface area (Å²) in [4.78, 5) is 16.6. The summed E-state index contributed by atoms with van der Waals surface area (Å²) >= 11 is 0.453. The summed E-state index contributed by atoms with van der Waals surface area (Å²) < 4.78 is 38.5. The van der Waals surface area contributed by atoms with Crippen molar-refractivity contribution < 1.29 is 18.0 Å². The molecule has 3 nitrogen and oxygen atoms in total. The smallest absolute Gasteiger partial charge is 0.288 e. The third-order valence-corrected chi connectivity index (χ3v) is 4.81. The van der Waals surface area contributed by atoms with Crippen LogP contribution < -0.4 is 4.90 Å². The van der Waals surface area contributed by atoms with Crippen molar-refractivity contribution in [2.24, 2.45) is 0 Å². The Balaban J connectivity index is 1.61. The summed E-state index contributed by atoms with van der Waals surface area (Å²) in [6.45, 7) is 2.07. The fourth-order valence-electron chi connectivity index (χ4n) is 2.82. The monoisotopic (exact) mass is 366 g/mol. The van der Waals surface area contributed by atoms with Gasteiger partial charge in [0.05, 0.1) is 5.69 Å². The molecule has 25 heavy (non-hydrogen) atoms. The van der Waals surface area contributed by atoms with Crippen molar-refractivity contribution in [3.05, 3.63) is 59.9 Å². The molecule has 1 amide bonds. The van der Waals surface area contributed by atoms with Crippen LogP contribution in [0.4, 0.5) is 18.9 Å². The van der Waals surface area contributed by atoms with E-state index in [9.17, 15) is 18.0 Å². The van der Waals surface area contributed by atoms with Crippen LogP contribution in [0.5, 0.6) is 0 Å². The maximum absolute atomic E-state index is 13.8. The second-order valence-corrected chi connectivity index (χ2v) is 6.70. The van der Waals surface area contributed by atoms with Gasteiger partial charge in [0.1, 0.15) is 5.82 Å². The molecule has 0 saturated carbocycles. The van der Waals surface area contributed by atoms with Gasteiger partial charge in [0.25, 0.3) is 11.7 Å². The molecule has 2 aromatic carbocycles. The highest BCUT2D eigenvalue weighted by atomic mass is 32.2. The zero-order chi connectivity index (χ0) is 17.8. The van der Waals surface area contributed by atoms with Gasteiger partial charge in [-0.25, -0.2) is 4.39 Å². The minimum absolute atomic E-state index is 0.137. The van der Waals surface area contributed by atoms with Crippen LogP contribution in [-0.4, -0.2) is 42.7 Å². The van der Waals surface area contributed by atoms with Crippen LogP contribution in [0.3, 0.4) is 0 Å². The van der Waals surface area contributed by atoms with Gasteiger partial charge in [0.15, 0.2) is 0 Å². The highest BCUT2D eigenvalue weighted by Crippen LogP contribution is 2.26. The Morgan fingerprint density at radius 2 is 1.60 bits per heavy atom. The van der Waals surface area contributed by atoms with E-state index in [0.717, 1.165) is 0 Å². The highest BCUT2D eigenvalue weighted by molar-refractivity contribution is 7.99. The molecule has 1 heterocycles. The zero-order valence-electron chi connectivity index (χ0n) is 13.4. The average Bonchev–Trinajstić information content (AvgIpc) is 2.62. The van der Waals surface area contributed by atoms with Gasteiger partial charge < -0.3 is 9.80 Å². The second-order valence-electron chi connectivity index (χ2n) is 5.63. The molecule has 0 unspecified atom stereocenters. The molecular weight excluding hydrogens is 349 g/mol. The lowest BCUT2D eigenvalue weighted by molar-refractivity contribution is 0.0746. The molecule has 0 N–H and O–H groups in total. The van der Waals surface area contributed by atoms with Gasteiger partial charge in [-0.05, 0) is 36.4 Å². The van der Waals surface area contributed by atoms with E-state index in [2.05, 4.69) is 0 Å². The SMILES string of the molecule is O=C(c1ccc(SC(F)F)cc1)N1CCN(c2ccccc2F)CC1. The lowest BCUT2D eigenvalue weighted by Gasteiger charge is -2.36. The molecule has 132 valence electrons. The van der Waals surface area contributed by atoms with Gasteiger partial charge in [-0.3, -0.25) is 4.79 Å². The molecule has 1 saturated heterocycles. The van der Waals surface area contributed by atoms with Gasteiger partial charge >= 0.3 is 0 Å². The van der Waals surface area contributed by atoms with E-state index in [1.807, 2.05) is 4.90 Å². The summed E-state index contributed by atoms with van der Waals surface area (Å²) in [6.07, 6.45) is 0. The van der Waals surface area contributed by atoms with Crippen LogP contribution in [0.2, 0.25) is 0 Å². The Kier molecular flexibility index (Phi) is 5.53. The predicted molar refractivity (Wildman–Crippen MR) is 92.8 cm³/mol. The van der Waals surface area contributed by atoms with Crippen LogP contribution in [0, 0.1) is 5.82 Å². The van der Waals surface area contributed by atoms with E-state index in [1.54, 1.807) is 35.2 Å².